The molecule has 1 fully saturated rings. The highest BCUT2D eigenvalue weighted by Gasteiger charge is 2.20. The molecule has 2 heterocycles. The van der Waals surface area contributed by atoms with Gasteiger partial charge in [-0.15, -0.1) is 0 Å². The zero-order valence-electron chi connectivity index (χ0n) is 21.3. The molecule has 1 aliphatic heterocycles. The number of hydrazine groups is 1. The van der Waals surface area contributed by atoms with E-state index >= 15 is 0 Å². The minimum absolute atomic E-state index is 0.647. The van der Waals surface area contributed by atoms with Crippen LogP contribution in [-0.2, 0) is 0 Å². The van der Waals surface area contributed by atoms with Crippen LogP contribution in [-0.4, -0.2) is 53.0 Å². The van der Waals surface area contributed by atoms with E-state index in [9.17, 15) is 0 Å². The molecule has 2 N–H and O–H groups in total. The Balaban J connectivity index is 0.00000199. The SMILES string of the molecule is C=C/C(=C\N(C)N)c1cc(Cl)c2ccc(C(=C)N3CCN(C(=C)CCCC)CC3)cc2n1.CC. The first-order chi connectivity index (χ1) is 16.3. The van der Waals surface area contributed by atoms with Gasteiger partial charge < -0.3 is 14.8 Å². The van der Waals surface area contributed by atoms with Gasteiger partial charge in [-0.2, -0.15) is 0 Å². The molecule has 5 nitrogen and oxygen atoms in total. The van der Waals surface area contributed by atoms with Crippen molar-refractivity contribution in [1.29, 1.82) is 0 Å². The van der Waals surface area contributed by atoms with Gasteiger partial charge in [0.1, 0.15) is 0 Å². The fraction of sp³-hybridized carbons (Fsp3) is 0.393. The molecule has 3 rings (SSSR count). The Morgan fingerprint density at radius 1 is 1.15 bits per heavy atom. The first-order valence-corrected chi connectivity index (χ1v) is 12.5. The summed E-state index contributed by atoms with van der Waals surface area (Å²) in [6.45, 7) is 22.6. The smallest absolute Gasteiger partial charge is 0.0739 e. The van der Waals surface area contributed by atoms with Crippen LogP contribution in [0.15, 0.2) is 62.0 Å². The predicted octanol–water partition coefficient (Wildman–Crippen LogP) is 6.54. The van der Waals surface area contributed by atoms with Crippen LogP contribution in [0.25, 0.3) is 22.2 Å². The van der Waals surface area contributed by atoms with Gasteiger partial charge in [0, 0.05) is 61.8 Å². The largest absolute Gasteiger partial charge is 0.372 e. The molecule has 0 bridgehead atoms. The number of allylic oxidation sites excluding steroid dienone is 3. The number of hydrogen-bond donors (Lipinski definition) is 1. The maximum absolute atomic E-state index is 6.57. The monoisotopic (exact) mass is 481 g/mol. The van der Waals surface area contributed by atoms with Gasteiger partial charge in [0.15, 0.2) is 0 Å². The molecule has 0 spiro atoms. The van der Waals surface area contributed by atoms with E-state index in [4.69, 9.17) is 22.4 Å². The number of unbranched alkanes of at least 4 members (excludes halogenated alkanes) is 1. The minimum atomic E-state index is 0.647. The normalized spacial score (nSPS) is 13.9. The van der Waals surface area contributed by atoms with E-state index in [1.54, 1.807) is 19.3 Å². The fourth-order valence-corrected chi connectivity index (χ4v) is 4.23. The average molecular weight is 482 g/mol. The van der Waals surface area contributed by atoms with Crippen molar-refractivity contribution in [2.24, 2.45) is 5.84 Å². The van der Waals surface area contributed by atoms with Crippen LogP contribution in [0.5, 0.6) is 0 Å². The average Bonchev–Trinajstić information content (AvgIpc) is 2.86. The lowest BCUT2D eigenvalue weighted by Crippen LogP contribution is -2.44. The number of benzene rings is 1. The van der Waals surface area contributed by atoms with Crippen LogP contribution >= 0.6 is 11.6 Å². The third-order valence-corrected chi connectivity index (χ3v) is 6.19. The van der Waals surface area contributed by atoms with Gasteiger partial charge >= 0.3 is 0 Å². The standard InChI is InChI=1S/C26H34ClN5.C2H6/c1-6-8-9-19(3)31-12-14-32(15-13-31)20(4)22-10-11-23-24(27)17-25(29-26(23)16-22)21(7-2)18-30(5)28;1-2/h7,10-11,16-18H,2-4,6,8-9,12-15,28H2,1,5H3;1-2H3/b21-18+;. The molecule has 1 aromatic carbocycles. The van der Waals surface area contributed by atoms with Crippen molar-refractivity contribution in [2.75, 3.05) is 33.2 Å². The van der Waals surface area contributed by atoms with Crippen LogP contribution in [0.3, 0.4) is 0 Å². The summed E-state index contributed by atoms with van der Waals surface area (Å²) in [5, 5.41) is 3.04. The van der Waals surface area contributed by atoms with Crippen LogP contribution in [0.2, 0.25) is 5.02 Å². The Labute approximate surface area is 210 Å². The van der Waals surface area contributed by atoms with Crippen LogP contribution < -0.4 is 5.84 Å². The Hall–Kier alpha value is -2.76. The van der Waals surface area contributed by atoms with Crippen LogP contribution in [0.4, 0.5) is 0 Å². The highest BCUT2D eigenvalue weighted by molar-refractivity contribution is 6.35. The third-order valence-electron chi connectivity index (χ3n) is 5.88. The van der Waals surface area contributed by atoms with Crippen LogP contribution in [0, 0.1) is 0 Å². The van der Waals surface area contributed by atoms with E-state index in [1.807, 2.05) is 26.0 Å². The maximum Gasteiger partial charge on any atom is 0.0739 e. The predicted molar refractivity (Wildman–Crippen MR) is 149 cm³/mol. The van der Waals surface area contributed by atoms with Gasteiger partial charge in [0.25, 0.3) is 0 Å². The topological polar surface area (TPSA) is 48.6 Å². The highest BCUT2D eigenvalue weighted by Crippen LogP contribution is 2.30. The molecule has 2 aromatic rings. The number of rotatable bonds is 9. The lowest BCUT2D eigenvalue weighted by molar-refractivity contribution is 0.209. The second kappa shape index (κ2) is 13.2. The van der Waals surface area contributed by atoms with Crippen molar-refractivity contribution < 1.29 is 0 Å². The van der Waals surface area contributed by atoms with Gasteiger partial charge in [0.2, 0.25) is 0 Å². The lowest BCUT2D eigenvalue weighted by Gasteiger charge is -2.39. The van der Waals surface area contributed by atoms with E-state index in [0.29, 0.717) is 5.02 Å². The maximum atomic E-state index is 6.57. The molecule has 0 atom stereocenters. The third kappa shape index (κ3) is 6.87. The number of nitrogens with two attached hydrogens (primary N) is 1. The van der Waals surface area contributed by atoms with Gasteiger partial charge in [-0.1, -0.05) is 76.7 Å². The number of pyridine rings is 1. The Morgan fingerprint density at radius 3 is 2.38 bits per heavy atom. The fourth-order valence-electron chi connectivity index (χ4n) is 3.97. The van der Waals surface area contributed by atoms with Crippen molar-refractivity contribution in [3.63, 3.8) is 0 Å². The Morgan fingerprint density at radius 2 is 1.79 bits per heavy atom. The molecule has 1 saturated heterocycles. The summed E-state index contributed by atoms with van der Waals surface area (Å²) in [6, 6.07) is 8.00. The molecule has 6 heteroatoms. The van der Waals surface area contributed by atoms with Crippen molar-refractivity contribution in [3.05, 3.63) is 78.3 Å². The molecule has 34 heavy (non-hydrogen) atoms. The van der Waals surface area contributed by atoms with E-state index in [-0.39, 0.29) is 0 Å². The summed E-state index contributed by atoms with van der Waals surface area (Å²) < 4.78 is 0. The number of fused-ring (bicyclic) bond motifs is 1. The number of piperazine rings is 1. The summed E-state index contributed by atoms with van der Waals surface area (Å²) in [4.78, 5) is 9.58. The molecule has 0 aliphatic carbocycles. The number of aromatic nitrogens is 1. The first-order valence-electron chi connectivity index (χ1n) is 12.1. The molecular formula is C28H40ClN5. The second-order valence-electron chi connectivity index (χ2n) is 8.27. The minimum Gasteiger partial charge on any atom is -0.372 e. The van der Waals surface area contributed by atoms with E-state index in [0.717, 1.165) is 66.0 Å². The van der Waals surface area contributed by atoms with Crippen molar-refractivity contribution in [2.45, 2.75) is 40.0 Å². The quantitative estimate of drug-likeness (QED) is 0.250. The molecule has 1 aliphatic rings. The summed E-state index contributed by atoms with van der Waals surface area (Å²) >= 11 is 6.57. The molecule has 0 amide bonds. The molecule has 1 aromatic heterocycles. The number of hydrogen-bond acceptors (Lipinski definition) is 5. The number of nitrogens with zero attached hydrogens (tertiary/aromatic N) is 4. The van der Waals surface area contributed by atoms with Gasteiger partial charge in [0.05, 0.1) is 16.2 Å². The molecule has 0 radical (unpaired) electrons. The second-order valence-corrected chi connectivity index (χ2v) is 8.67. The van der Waals surface area contributed by atoms with Gasteiger partial charge in [-0.25, -0.2) is 10.8 Å². The zero-order chi connectivity index (χ0) is 25.3. The summed E-state index contributed by atoms with van der Waals surface area (Å²) in [5.41, 5.74) is 5.68. The van der Waals surface area contributed by atoms with Crippen molar-refractivity contribution in [1.82, 2.24) is 19.8 Å². The van der Waals surface area contributed by atoms with E-state index < -0.39 is 0 Å². The first kappa shape index (κ1) is 27.5. The van der Waals surface area contributed by atoms with Crippen molar-refractivity contribution in [3.8, 4) is 0 Å². The molecular weight excluding hydrogens is 442 g/mol. The Bertz CT molecular complexity index is 1030. The number of halogens is 1. The van der Waals surface area contributed by atoms with E-state index in [1.165, 1.54) is 23.5 Å². The molecule has 0 unspecified atom stereocenters. The summed E-state index contributed by atoms with van der Waals surface area (Å²) in [7, 11) is 1.76. The summed E-state index contributed by atoms with van der Waals surface area (Å²) in [6.07, 6.45) is 6.98. The van der Waals surface area contributed by atoms with Gasteiger partial charge in [-0.3, -0.25) is 0 Å². The zero-order valence-corrected chi connectivity index (χ0v) is 22.0. The highest BCUT2D eigenvalue weighted by atomic mass is 35.5. The van der Waals surface area contributed by atoms with Crippen molar-refractivity contribution >= 4 is 33.8 Å². The van der Waals surface area contributed by atoms with Crippen LogP contribution in [0.1, 0.15) is 51.3 Å². The molecule has 0 saturated carbocycles. The lowest BCUT2D eigenvalue weighted by atomic mass is 10.1. The van der Waals surface area contributed by atoms with E-state index in [2.05, 4.69) is 48.6 Å². The Kier molecular flexibility index (Phi) is 10.7. The molecule has 184 valence electrons. The summed E-state index contributed by atoms with van der Waals surface area (Å²) in [5.74, 6) is 5.78. The van der Waals surface area contributed by atoms with Gasteiger partial charge in [-0.05, 0) is 30.5 Å².